The van der Waals surface area contributed by atoms with Crippen molar-refractivity contribution < 1.29 is 4.79 Å². The molecule has 2 aromatic carbocycles. The van der Waals surface area contributed by atoms with Crippen LogP contribution in [0.2, 0.25) is 5.02 Å². The molecule has 2 heterocycles. The molecule has 0 saturated carbocycles. The maximum Gasteiger partial charge on any atom is 0.234 e. The van der Waals surface area contributed by atoms with E-state index < -0.39 is 0 Å². The Bertz CT molecular complexity index is 1140. The fourth-order valence-corrected chi connectivity index (χ4v) is 4.58. The average molecular weight is 455 g/mol. The molecule has 4 aromatic rings. The van der Waals surface area contributed by atoms with Crippen molar-refractivity contribution in [3.05, 3.63) is 87.3 Å². The van der Waals surface area contributed by atoms with Gasteiger partial charge in [0.05, 0.1) is 5.75 Å². The van der Waals surface area contributed by atoms with E-state index in [0.29, 0.717) is 16.6 Å². The van der Waals surface area contributed by atoms with E-state index in [1.807, 2.05) is 71.5 Å². The SMILES string of the molecule is Cc1cccc(NC(=O)CSc2nnc(Cc3cccs3)n2-c2ccc(Cl)cc2)c1. The number of hydrogen-bond donors (Lipinski definition) is 1. The minimum Gasteiger partial charge on any atom is -0.325 e. The van der Waals surface area contributed by atoms with Gasteiger partial charge in [0.2, 0.25) is 5.91 Å². The van der Waals surface area contributed by atoms with Crippen LogP contribution in [0.1, 0.15) is 16.3 Å². The van der Waals surface area contributed by atoms with Gasteiger partial charge in [-0.05, 0) is 60.3 Å². The first-order chi connectivity index (χ1) is 14.6. The Morgan fingerprint density at radius 1 is 1.13 bits per heavy atom. The van der Waals surface area contributed by atoms with Gasteiger partial charge in [-0.1, -0.05) is 41.6 Å². The molecular formula is C22H19ClN4OS2. The van der Waals surface area contributed by atoms with Gasteiger partial charge in [0.15, 0.2) is 5.16 Å². The summed E-state index contributed by atoms with van der Waals surface area (Å²) < 4.78 is 1.99. The second kappa shape index (κ2) is 9.47. The minimum atomic E-state index is -0.0870. The highest BCUT2D eigenvalue weighted by Gasteiger charge is 2.17. The topological polar surface area (TPSA) is 59.8 Å². The standard InChI is InChI=1S/C22H19ClN4OS2/c1-15-4-2-5-17(12-15)24-21(28)14-30-22-26-25-20(13-19-6-3-11-29-19)27(22)18-9-7-16(23)8-10-18/h2-12H,13-14H2,1H3,(H,24,28). The second-order valence-corrected chi connectivity index (χ2v) is 9.08. The van der Waals surface area contributed by atoms with Crippen molar-refractivity contribution in [2.45, 2.75) is 18.5 Å². The second-order valence-electron chi connectivity index (χ2n) is 6.67. The third kappa shape index (κ3) is 5.11. The molecule has 0 spiro atoms. The molecule has 0 fully saturated rings. The van der Waals surface area contributed by atoms with E-state index in [4.69, 9.17) is 11.6 Å². The number of nitrogens with one attached hydrogen (secondary N) is 1. The van der Waals surface area contributed by atoms with Crippen molar-refractivity contribution in [2.75, 3.05) is 11.1 Å². The zero-order valence-corrected chi connectivity index (χ0v) is 18.6. The molecule has 0 aliphatic heterocycles. The molecule has 5 nitrogen and oxygen atoms in total. The van der Waals surface area contributed by atoms with Crippen molar-refractivity contribution in [3.63, 3.8) is 0 Å². The van der Waals surface area contributed by atoms with Gasteiger partial charge in [0.1, 0.15) is 5.82 Å². The summed E-state index contributed by atoms with van der Waals surface area (Å²) in [6.45, 7) is 1.99. The normalized spacial score (nSPS) is 10.9. The molecule has 30 heavy (non-hydrogen) atoms. The first kappa shape index (κ1) is 20.7. The highest BCUT2D eigenvalue weighted by Crippen LogP contribution is 2.25. The molecule has 8 heteroatoms. The van der Waals surface area contributed by atoms with Gasteiger partial charge >= 0.3 is 0 Å². The number of rotatable bonds is 7. The summed E-state index contributed by atoms with van der Waals surface area (Å²) in [4.78, 5) is 13.6. The smallest absolute Gasteiger partial charge is 0.234 e. The van der Waals surface area contributed by atoms with Crippen LogP contribution < -0.4 is 5.32 Å². The molecule has 1 amide bonds. The summed E-state index contributed by atoms with van der Waals surface area (Å²) in [7, 11) is 0. The van der Waals surface area contributed by atoms with Crippen LogP contribution in [-0.4, -0.2) is 26.4 Å². The van der Waals surface area contributed by atoms with Crippen LogP contribution in [0.5, 0.6) is 0 Å². The van der Waals surface area contributed by atoms with Gasteiger partial charge in [-0.2, -0.15) is 0 Å². The zero-order chi connectivity index (χ0) is 20.9. The van der Waals surface area contributed by atoms with Crippen molar-refractivity contribution in [1.82, 2.24) is 14.8 Å². The Morgan fingerprint density at radius 2 is 1.97 bits per heavy atom. The summed E-state index contributed by atoms with van der Waals surface area (Å²) in [6, 6.07) is 19.4. The molecule has 1 N–H and O–H groups in total. The van der Waals surface area contributed by atoms with Gasteiger partial charge < -0.3 is 5.32 Å². The highest BCUT2D eigenvalue weighted by molar-refractivity contribution is 7.99. The number of aromatic nitrogens is 3. The van der Waals surface area contributed by atoms with Crippen molar-refractivity contribution in [3.8, 4) is 5.69 Å². The van der Waals surface area contributed by atoms with Crippen LogP contribution in [-0.2, 0) is 11.2 Å². The fourth-order valence-electron chi connectivity index (χ4n) is 2.98. The van der Waals surface area contributed by atoms with Crippen LogP contribution in [0.3, 0.4) is 0 Å². The Kier molecular flexibility index (Phi) is 6.52. The van der Waals surface area contributed by atoms with E-state index >= 15 is 0 Å². The number of hydrogen-bond acceptors (Lipinski definition) is 5. The third-order valence-electron chi connectivity index (χ3n) is 4.33. The lowest BCUT2D eigenvalue weighted by Gasteiger charge is -2.10. The van der Waals surface area contributed by atoms with Gasteiger partial charge in [-0.3, -0.25) is 9.36 Å². The number of anilines is 1. The largest absolute Gasteiger partial charge is 0.325 e. The average Bonchev–Trinajstić information content (AvgIpc) is 3.37. The van der Waals surface area contributed by atoms with E-state index in [0.717, 1.165) is 22.8 Å². The molecule has 0 atom stereocenters. The predicted molar refractivity (Wildman–Crippen MR) is 124 cm³/mol. The van der Waals surface area contributed by atoms with Gasteiger partial charge in [-0.15, -0.1) is 21.5 Å². The molecule has 152 valence electrons. The Labute approximate surface area is 188 Å². The summed E-state index contributed by atoms with van der Waals surface area (Å²) in [5.41, 5.74) is 2.80. The molecule has 0 aliphatic carbocycles. The number of halogens is 1. The van der Waals surface area contributed by atoms with E-state index in [1.165, 1.54) is 16.6 Å². The van der Waals surface area contributed by atoms with E-state index in [2.05, 4.69) is 21.6 Å². The summed E-state index contributed by atoms with van der Waals surface area (Å²) >= 11 is 9.10. The van der Waals surface area contributed by atoms with Crippen LogP contribution in [0.25, 0.3) is 5.69 Å². The fraction of sp³-hybridized carbons (Fsp3) is 0.136. The number of aryl methyl sites for hydroxylation is 1. The first-order valence-electron chi connectivity index (χ1n) is 9.30. The van der Waals surface area contributed by atoms with Gasteiger partial charge in [0.25, 0.3) is 0 Å². The molecule has 0 aliphatic rings. The minimum absolute atomic E-state index is 0.0870. The van der Waals surface area contributed by atoms with E-state index in [-0.39, 0.29) is 11.7 Å². The van der Waals surface area contributed by atoms with Crippen LogP contribution in [0, 0.1) is 6.92 Å². The van der Waals surface area contributed by atoms with Gasteiger partial charge in [0, 0.05) is 27.7 Å². The van der Waals surface area contributed by atoms with Crippen molar-refractivity contribution in [2.24, 2.45) is 0 Å². The maximum atomic E-state index is 12.4. The Hall–Kier alpha value is -2.61. The van der Waals surface area contributed by atoms with E-state index in [1.54, 1.807) is 11.3 Å². The molecule has 0 saturated heterocycles. The van der Waals surface area contributed by atoms with Crippen LogP contribution >= 0.6 is 34.7 Å². The van der Waals surface area contributed by atoms with Gasteiger partial charge in [-0.25, -0.2) is 0 Å². The number of benzene rings is 2. The number of amides is 1. The Balaban J connectivity index is 1.54. The molecule has 0 bridgehead atoms. The number of nitrogens with zero attached hydrogens (tertiary/aromatic N) is 3. The molecular weight excluding hydrogens is 436 g/mol. The zero-order valence-electron chi connectivity index (χ0n) is 16.2. The van der Waals surface area contributed by atoms with E-state index in [9.17, 15) is 4.79 Å². The van der Waals surface area contributed by atoms with Crippen molar-refractivity contribution >= 4 is 46.3 Å². The number of carbonyl (C=O) groups is 1. The first-order valence-corrected chi connectivity index (χ1v) is 11.5. The number of carbonyl (C=O) groups excluding carboxylic acids is 1. The monoisotopic (exact) mass is 454 g/mol. The van der Waals surface area contributed by atoms with Crippen molar-refractivity contribution in [1.29, 1.82) is 0 Å². The van der Waals surface area contributed by atoms with Crippen LogP contribution in [0.4, 0.5) is 5.69 Å². The number of thiophene rings is 1. The molecule has 0 radical (unpaired) electrons. The quantitative estimate of drug-likeness (QED) is 0.368. The van der Waals surface area contributed by atoms with Crippen LogP contribution in [0.15, 0.2) is 71.2 Å². The predicted octanol–water partition coefficient (Wildman–Crippen LogP) is 5.61. The summed E-state index contributed by atoms with van der Waals surface area (Å²) in [6.07, 6.45) is 0.670. The third-order valence-corrected chi connectivity index (χ3v) is 6.39. The summed E-state index contributed by atoms with van der Waals surface area (Å²) in [5.74, 6) is 0.969. The molecule has 4 rings (SSSR count). The lowest BCUT2D eigenvalue weighted by Crippen LogP contribution is -2.14. The number of thioether (sulfide) groups is 1. The highest BCUT2D eigenvalue weighted by atomic mass is 35.5. The maximum absolute atomic E-state index is 12.4. The molecule has 2 aromatic heterocycles. The lowest BCUT2D eigenvalue weighted by atomic mass is 10.2. The molecule has 0 unspecified atom stereocenters. The lowest BCUT2D eigenvalue weighted by molar-refractivity contribution is -0.113. The Morgan fingerprint density at radius 3 is 2.70 bits per heavy atom. The summed E-state index contributed by atoms with van der Waals surface area (Å²) in [5, 5.41) is 15.1.